The second-order valence-electron chi connectivity index (χ2n) is 2.51. The summed E-state index contributed by atoms with van der Waals surface area (Å²) < 4.78 is -0.534. The molecule has 0 fully saturated rings. The molecule has 11 heavy (non-hydrogen) atoms. The van der Waals surface area contributed by atoms with E-state index in [2.05, 4.69) is 18.5 Å². The molecule has 0 unspecified atom stereocenters. The summed E-state index contributed by atoms with van der Waals surface area (Å²) in [5.41, 5.74) is 0. The monoisotopic (exact) mass is 208 g/mol. The maximum absolute atomic E-state index is 6.13. The van der Waals surface area contributed by atoms with E-state index in [0.717, 1.165) is 12.8 Å². The molecule has 0 aromatic carbocycles. The highest BCUT2D eigenvalue weighted by atomic mass is 35.5. The van der Waals surface area contributed by atoms with Crippen molar-refractivity contribution in [3.05, 3.63) is 23.7 Å². The molecule has 0 atom stereocenters. The minimum absolute atomic E-state index is 0.425. The van der Waals surface area contributed by atoms with Gasteiger partial charge in [0.2, 0.25) is 0 Å². The summed E-state index contributed by atoms with van der Waals surface area (Å²) in [6, 6.07) is 4.03. The predicted molar refractivity (Wildman–Crippen MR) is 53.7 cm³/mol. The second kappa shape index (κ2) is 3.85. The highest BCUT2D eigenvalue weighted by Gasteiger charge is 2.24. The molecule has 0 aliphatic rings. The van der Waals surface area contributed by atoms with Gasteiger partial charge >= 0.3 is 0 Å². The maximum Gasteiger partial charge on any atom is 0.155 e. The average Bonchev–Trinajstić information content (AvgIpc) is 2.37. The third-order valence-corrected chi connectivity index (χ3v) is 5.05. The standard InChI is InChI=1S/C8H11Cl2P/c1-2-5-8(9,10)11-6-3-4-7-11/h3-4,6-7H,2,5H2,1H3. The minimum atomic E-state index is -0.534. The van der Waals surface area contributed by atoms with Crippen LogP contribution in [-0.4, -0.2) is 0 Å². The van der Waals surface area contributed by atoms with Gasteiger partial charge in [-0.25, -0.2) is 0 Å². The number of hydrogen-bond donors (Lipinski definition) is 0. The quantitative estimate of drug-likeness (QED) is 0.640. The highest BCUT2D eigenvalue weighted by molar-refractivity contribution is 7.54. The third-order valence-electron chi connectivity index (χ3n) is 1.53. The average molecular weight is 209 g/mol. The van der Waals surface area contributed by atoms with Crippen molar-refractivity contribution in [3.63, 3.8) is 0 Å². The van der Waals surface area contributed by atoms with Crippen LogP contribution >= 0.6 is 30.7 Å². The predicted octanol–water partition coefficient (Wildman–Crippen LogP) is 4.56. The van der Waals surface area contributed by atoms with Crippen LogP contribution in [0.2, 0.25) is 0 Å². The van der Waals surface area contributed by atoms with Crippen molar-refractivity contribution in [2.24, 2.45) is 0 Å². The molecule has 0 nitrogen and oxygen atoms in total. The smallest absolute Gasteiger partial charge is 0.0920 e. The van der Waals surface area contributed by atoms with Crippen molar-refractivity contribution in [3.8, 4) is 0 Å². The number of hydrogen-bond acceptors (Lipinski definition) is 0. The van der Waals surface area contributed by atoms with Gasteiger partial charge in [-0.15, -0.1) is 0 Å². The zero-order valence-corrected chi connectivity index (χ0v) is 8.83. The summed E-state index contributed by atoms with van der Waals surface area (Å²) in [6.45, 7) is 2.10. The summed E-state index contributed by atoms with van der Waals surface area (Å²) >= 11 is 12.3. The van der Waals surface area contributed by atoms with Crippen molar-refractivity contribution in [1.82, 2.24) is 0 Å². The van der Waals surface area contributed by atoms with E-state index >= 15 is 0 Å². The fourth-order valence-electron chi connectivity index (χ4n) is 0.982. The molecule has 0 saturated carbocycles. The largest absolute Gasteiger partial charge is 0.155 e. The van der Waals surface area contributed by atoms with Gasteiger partial charge < -0.3 is 0 Å². The van der Waals surface area contributed by atoms with Crippen molar-refractivity contribution in [2.75, 3.05) is 0 Å². The van der Waals surface area contributed by atoms with Crippen LogP contribution < -0.4 is 0 Å². The lowest BCUT2D eigenvalue weighted by Gasteiger charge is -2.17. The highest BCUT2D eigenvalue weighted by Crippen LogP contribution is 2.54. The minimum Gasteiger partial charge on any atom is -0.0920 e. The molecule has 0 radical (unpaired) electrons. The first-order valence-corrected chi connectivity index (χ1v) is 5.91. The van der Waals surface area contributed by atoms with Gasteiger partial charge in [-0.3, -0.25) is 0 Å². The van der Waals surface area contributed by atoms with Gasteiger partial charge in [-0.2, -0.15) is 0 Å². The Bertz CT molecular complexity index is 204. The maximum atomic E-state index is 6.13. The Morgan fingerprint density at radius 2 is 1.82 bits per heavy atom. The third kappa shape index (κ3) is 2.40. The summed E-state index contributed by atoms with van der Waals surface area (Å²) in [5, 5.41) is 0. The molecular formula is C8H11Cl2P. The Morgan fingerprint density at radius 1 is 1.27 bits per heavy atom. The van der Waals surface area contributed by atoms with E-state index in [1.54, 1.807) is 0 Å². The molecule has 1 rings (SSSR count). The molecule has 0 aliphatic heterocycles. The van der Waals surface area contributed by atoms with E-state index in [1.165, 1.54) is 0 Å². The van der Waals surface area contributed by atoms with Crippen molar-refractivity contribution in [2.45, 2.75) is 23.8 Å². The van der Waals surface area contributed by atoms with Crippen LogP contribution in [0, 0.1) is 0 Å². The van der Waals surface area contributed by atoms with Gasteiger partial charge in [-0.05, 0) is 18.0 Å². The first-order chi connectivity index (χ1) is 5.17. The van der Waals surface area contributed by atoms with Crippen LogP contribution in [0.4, 0.5) is 0 Å². The van der Waals surface area contributed by atoms with E-state index in [0.29, 0.717) is 0 Å². The Morgan fingerprint density at radius 3 is 2.27 bits per heavy atom. The van der Waals surface area contributed by atoms with Crippen LogP contribution in [0.5, 0.6) is 0 Å². The summed E-state index contributed by atoms with van der Waals surface area (Å²) in [5.74, 6) is 4.20. The van der Waals surface area contributed by atoms with Crippen LogP contribution in [0.3, 0.4) is 0 Å². The molecule has 1 heterocycles. The lowest BCUT2D eigenvalue weighted by molar-refractivity contribution is 0.792. The van der Waals surface area contributed by atoms with Gasteiger partial charge in [0.1, 0.15) is 0 Å². The fraction of sp³-hybridized carbons (Fsp3) is 0.500. The van der Waals surface area contributed by atoms with Crippen molar-refractivity contribution in [1.29, 1.82) is 0 Å². The summed E-state index contributed by atoms with van der Waals surface area (Å²) in [6.07, 6.45) is 1.91. The van der Waals surface area contributed by atoms with Crippen LogP contribution in [0.25, 0.3) is 0 Å². The van der Waals surface area contributed by atoms with Crippen molar-refractivity contribution >= 4 is 30.7 Å². The van der Waals surface area contributed by atoms with E-state index in [9.17, 15) is 0 Å². The topological polar surface area (TPSA) is 0 Å². The van der Waals surface area contributed by atoms with Crippen LogP contribution in [-0.2, 0) is 4.07 Å². The number of alkyl halides is 2. The number of rotatable bonds is 3. The molecule has 0 aliphatic carbocycles. The molecule has 0 bridgehead atoms. The van der Waals surface area contributed by atoms with E-state index < -0.39 is 11.6 Å². The molecule has 0 spiro atoms. The molecule has 0 saturated heterocycles. The molecule has 1 aromatic rings. The zero-order valence-electron chi connectivity index (χ0n) is 6.43. The summed E-state index contributed by atoms with van der Waals surface area (Å²) in [7, 11) is -0.425. The van der Waals surface area contributed by atoms with E-state index in [4.69, 9.17) is 23.2 Å². The van der Waals surface area contributed by atoms with Gasteiger partial charge in [-0.1, -0.05) is 56.2 Å². The molecule has 1 aromatic heterocycles. The first kappa shape index (κ1) is 9.45. The Labute approximate surface area is 78.6 Å². The van der Waals surface area contributed by atoms with Crippen LogP contribution in [0.15, 0.2) is 23.7 Å². The summed E-state index contributed by atoms with van der Waals surface area (Å²) in [4.78, 5) is 0. The molecule has 62 valence electrons. The SMILES string of the molecule is CCCC(Cl)(Cl)p1cccc1. The number of halogens is 2. The Hall–Kier alpha value is 0.360. The van der Waals surface area contributed by atoms with Gasteiger partial charge in [0, 0.05) is 0 Å². The molecule has 3 heteroatoms. The van der Waals surface area contributed by atoms with Gasteiger partial charge in [0.25, 0.3) is 0 Å². The van der Waals surface area contributed by atoms with E-state index in [-0.39, 0.29) is 0 Å². The zero-order chi connectivity index (χ0) is 8.32. The van der Waals surface area contributed by atoms with Crippen molar-refractivity contribution < 1.29 is 0 Å². The Balaban J connectivity index is 2.73. The molecular weight excluding hydrogens is 198 g/mol. The molecule has 0 amide bonds. The normalized spacial score (nSPS) is 11.9. The Kier molecular flexibility index (Phi) is 3.30. The lowest BCUT2D eigenvalue weighted by Crippen LogP contribution is -1.97. The second-order valence-corrected chi connectivity index (χ2v) is 6.69. The first-order valence-electron chi connectivity index (χ1n) is 3.68. The van der Waals surface area contributed by atoms with Gasteiger partial charge in [0.05, 0.1) is 0 Å². The van der Waals surface area contributed by atoms with Crippen LogP contribution in [0.1, 0.15) is 19.8 Å². The fourth-order valence-corrected chi connectivity index (χ4v) is 3.62. The van der Waals surface area contributed by atoms with E-state index in [1.807, 2.05) is 12.1 Å². The lowest BCUT2D eigenvalue weighted by atomic mass is 10.4. The molecule has 0 N–H and O–H groups in total. The van der Waals surface area contributed by atoms with Gasteiger partial charge in [0.15, 0.2) is 4.07 Å².